The lowest BCUT2D eigenvalue weighted by Gasteiger charge is -2.16. The van der Waals surface area contributed by atoms with Crippen LogP contribution < -0.4 is 20.3 Å². The van der Waals surface area contributed by atoms with E-state index in [0.717, 1.165) is 29.0 Å². The summed E-state index contributed by atoms with van der Waals surface area (Å²) in [7, 11) is 0. The molecule has 14 heteroatoms. The number of anilines is 3. The summed E-state index contributed by atoms with van der Waals surface area (Å²) in [6.45, 7) is 2.41. The summed E-state index contributed by atoms with van der Waals surface area (Å²) >= 11 is 1.44. The SMILES string of the molecule is Cc1ncccc1-c1ccc(C(F)(F)F)cc1NC(=O)Nc1cnc(Oc2ccc(-c3cnc(N4CCCC4=O)s3)cc2)nc1. The van der Waals surface area contributed by atoms with E-state index in [9.17, 15) is 22.8 Å². The molecule has 4 heterocycles. The minimum atomic E-state index is -4.60. The van der Waals surface area contributed by atoms with Crippen LogP contribution in [-0.2, 0) is 11.0 Å². The van der Waals surface area contributed by atoms with E-state index >= 15 is 0 Å². The Hall–Kier alpha value is -5.37. The maximum absolute atomic E-state index is 13.4. The van der Waals surface area contributed by atoms with E-state index in [2.05, 4.69) is 30.6 Å². The molecule has 3 aromatic heterocycles. The third kappa shape index (κ3) is 6.75. The summed E-state index contributed by atoms with van der Waals surface area (Å²) in [5.74, 6) is 0.557. The Kier molecular flexibility index (Phi) is 8.13. The quantitative estimate of drug-likeness (QED) is 0.190. The first-order valence-corrected chi connectivity index (χ1v) is 14.5. The molecule has 6 rings (SSSR count). The topological polar surface area (TPSA) is 122 Å². The first-order valence-electron chi connectivity index (χ1n) is 13.7. The van der Waals surface area contributed by atoms with Crippen LogP contribution in [0.4, 0.5) is 34.5 Å². The number of hydrogen-bond acceptors (Lipinski definition) is 8. The number of halogens is 3. The Morgan fingerprint density at radius 2 is 1.73 bits per heavy atom. The Balaban J connectivity index is 1.10. The number of rotatable bonds is 7. The number of alkyl halides is 3. The van der Waals surface area contributed by atoms with Crippen LogP contribution in [0.1, 0.15) is 24.1 Å². The second kappa shape index (κ2) is 12.3. The van der Waals surface area contributed by atoms with Crippen LogP contribution in [0, 0.1) is 6.92 Å². The zero-order chi connectivity index (χ0) is 31.6. The van der Waals surface area contributed by atoms with E-state index in [4.69, 9.17) is 4.74 Å². The molecule has 5 aromatic rings. The Bertz CT molecular complexity index is 1860. The lowest BCUT2D eigenvalue weighted by molar-refractivity contribution is -0.137. The summed E-state index contributed by atoms with van der Waals surface area (Å²) in [6.07, 6.45) is 2.71. The molecule has 0 bridgehead atoms. The fraction of sp³-hybridized carbons (Fsp3) is 0.161. The molecule has 0 unspecified atom stereocenters. The smallest absolute Gasteiger partial charge is 0.416 e. The molecule has 0 atom stereocenters. The highest BCUT2D eigenvalue weighted by molar-refractivity contribution is 7.19. The van der Waals surface area contributed by atoms with Gasteiger partial charge in [-0.25, -0.2) is 19.7 Å². The summed E-state index contributed by atoms with van der Waals surface area (Å²) in [5.41, 5.74) is 1.71. The first kappa shape index (κ1) is 29.7. The molecule has 1 aliphatic rings. The number of ether oxygens (including phenoxy) is 1. The fourth-order valence-electron chi connectivity index (χ4n) is 4.71. The minimum Gasteiger partial charge on any atom is -0.424 e. The number of nitrogens with zero attached hydrogens (tertiary/aromatic N) is 5. The van der Waals surface area contributed by atoms with Crippen LogP contribution in [0.15, 0.2) is 79.4 Å². The molecule has 228 valence electrons. The van der Waals surface area contributed by atoms with E-state index in [1.54, 1.807) is 48.5 Å². The van der Waals surface area contributed by atoms with Crippen LogP contribution in [-0.4, -0.2) is 38.4 Å². The van der Waals surface area contributed by atoms with Gasteiger partial charge in [-0.15, -0.1) is 0 Å². The number of carbonyl (C=O) groups is 2. The molecule has 10 nitrogen and oxygen atoms in total. The van der Waals surface area contributed by atoms with Crippen LogP contribution in [0.2, 0.25) is 0 Å². The van der Waals surface area contributed by atoms with Gasteiger partial charge in [-0.05, 0) is 61.4 Å². The van der Waals surface area contributed by atoms with Crippen molar-refractivity contribution in [2.45, 2.75) is 25.9 Å². The molecular formula is C31H24F3N7O3S. The van der Waals surface area contributed by atoms with Gasteiger partial charge in [0.15, 0.2) is 5.13 Å². The molecule has 0 spiro atoms. The van der Waals surface area contributed by atoms with Gasteiger partial charge in [0.05, 0.1) is 34.2 Å². The lowest BCUT2D eigenvalue weighted by atomic mass is 10.00. The average molecular weight is 632 g/mol. The van der Waals surface area contributed by atoms with Gasteiger partial charge in [0.2, 0.25) is 5.91 Å². The van der Waals surface area contributed by atoms with E-state index in [1.165, 1.54) is 29.8 Å². The number of benzene rings is 2. The van der Waals surface area contributed by atoms with Crippen LogP contribution in [0.25, 0.3) is 21.6 Å². The van der Waals surface area contributed by atoms with E-state index in [0.29, 0.717) is 40.7 Å². The second-order valence-corrected chi connectivity index (χ2v) is 11.0. The fourth-order valence-corrected chi connectivity index (χ4v) is 5.68. The number of aromatic nitrogens is 4. The molecule has 0 saturated carbocycles. The zero-order valence-electron chi connectivity index (χ0n) is 23.6. The molecule has 1 fully saturated rings. The van der Waals surface area contributed by atoms with Crippen molar-refractivity contribution in [3.63, 3.8) is 0 Å². The van der Waals surface area contributed by atoms with Gasteiger partial charge in [0.25, 0.3) is 0 Å². The predicted molar refractivity (Wildman–Crippen MR) is 163 cm³/mol. The van der Waals surface area contributed by atoms with Crippen LogP contribution >= 0.6 is 11.3 Å². The van der Waals surface area contributed by atoms with Gasteiger partial charge >= 0.3 is 18.2 Å². The summed E-state index contributed by atoms with van der Waals surface area (Å²) in [6, 6.07) is 12.9. The number of pyridine rings is 1. The Morgan fingerprint density at radius 1 is 0.956 bits per heavy atom. The molecule has 2 aromatic carbocycles. The number of nitrogens with one attached hydrogen (secondary N) is 2. The number of amides is 3. The molecule has 1 saturated heterocycles. The first-order chi connectivity index (χ1) is 21.6. The lowest BCUT2D eigenvalue weighted by Crippen LogP contribution is -2.23. The third-order valence-electron chi connectivity index (χ3n) is 6.92. The molecule has 2 N–H and O–H groups in total. The van der Waals surface area contributed by atoms with Crippen LogP contribution in [0.5, 0.6) is 11.8 Å². The van der Waals surface area contributed by atoms with Crippen LogP contribution in [0.3, 0.4) is 0 Å². The highest BCUT2D eigenvalue weighted by Crippen LogP contribution is 2.37. The maximum Gasteiger partial charge on any atom is 0.416 e. The summed E-state index contributed by atoms with van der Waals surface area (Å²) in [5, 5.41) is 5.71. The highest BCUT2D eigenvalue weighted by Gasteiger charge is 2.31. The minimum absolute atomic E-state index is 0.0218. The number of carbonyl (C=O) groups excluding carboxylic acids is 2. The van der Waals surface area contributed by atoms with Gasteiger partial charge < -0.3 is 15.4 Å². The Morgan fingerprint density at radius 3 is 2.42 bits per heavy atom. The van der Waals surface area contributed by atoms with Gasteiger partial charge in [-0.1, -0.05) is 23.5 Å². The van der Waals surface area contributed by atoms with Crippen molar-refractivity contribution in [2.24, 2.45) is 0 Å². The predicted octanol–water partition coefficient (Wildman–Crippen LogP) is 7.55. The van der Waals surface area contributed by atoms with Crippen molar-refractivity contribution < 1.29 is 27.5 Å². The molecule has 3 amide bonds. The van der Waals surface area contributed by atoms with Crippen molar-refractivity contribution in [1.82, 2.24) is 19.9 Å². The zero-order valence-corrected chi connectivity index (χ0v) is 24.4. The molecule has 0 aliphatic carbocycles. The summed E-state index contributed by atoms with van der Waals surface area (Å²) in [4.78, 5) is 44.2. The Labute approximate surface area is 259 Å². The second-order valence-electron chi connectivity index (χ2n) is 10.0. The number of aryl methyl sites for hydroxylation is 1. The van der Waals surface area contributed by atoms with Gasteiger partial charge in [0.1, 0.15) is 5.75 Å². The molecule has 45 heavy (non-hydrogen) atoms. The number of hydrogen-bond donors (Lipinski definition) is 2. The highest BCUT2D eigenvalue weighted by atomic mass is 32.1. The van der Waals surface area contributed by atoms with E-state index in [-0.39, 0.29) is 23.3 Å². The normalized spacial score (nSPS) is 13.2. The van der Waals surface area contributed by atoms with Crippen molar-refractivity contribution in [1.29, 1.82) is 0 Å². The number of urea groups is 1. The van der Waals surface area contributed by atoms with E-state index in [1.807, 2.05) is 12.1 Å². The van der Waals surface area contributed by atoms with Gasteiger partial charge in [-0.3, -0.25) is 14.7 Å². The van der Waals surface area contributed by atoms with Crippen molar-refractivity contribution in [3.8, 4) is 33.3 Å². The molecule has 0 radical (unpaired) electrons. The van der Waals surface area contributed by atoms with Crippen molar-refractivity contribution >= 4 is 39.8 Å². The maximum atomic E-state index is 13.4. The number of thiazole rings is 1. The molecular weight excluding hydrogens is 607 g/mol. The monoisotopic (exact) mass is 631 g/mol. The standard InChI is InChI=1S/C31H24F3N7O3S/c1-18-23(4-2-12-35-18)24-11-8-20(31(32,33)34)14-25(24)40-28(43)39-21-15-36-29(37-16-21)44-22-9-6-19(7-10-22)26-17-38-30(45-26)41-13-3-5-27(41)42/h2,4,6-12,14-17H,3,5,13H2,1H3,(H2,39,40,43). The van der Waals surface area contributed by atoms with Crippen molar-refractivity contribution in [3.05, 3.63) is 90.6 Å². The van der Waals surface area contributed by atoms with Gasteiger partial charge in [-0.2, -0.15) is 13.2 Å². The van der Waals surface area contributed by atoms with E-state index < -0.39 is 17.8 Å². The average Bonchev–Trinajstić information content (AvgIpc) is 3.68. The molecule has 1 aliphatic heterocycles. The third-order valence-corrected chi connectivity index (χ3v) is 7.99. The summed E-state index contributed by atoms with van der Waals surface area (Å²) < 4.78 is 46.0. The van der Waals surface area contributed by atoms with Crippen molar-refractivity contribution in [2.75, 3.05) is 22.1 Å². The largest absolute Gasteiger partial charge is 0.424 e. The van der Waals surface area contributed by atoms with Gasteiger partial charge in [0, 0.05) is 42.2 Å².